The molecule has 4 N–H and O–H groups in total. The number of phenolic OH excluding ortho intramolecular Hbond substituents is 4. The molecule has 8 rings (SSSR count). The summed E-state index contributed by atoms with van der Waals surface area (Å²) in [4.78, 5) is 33.8. The first-order valence-corrected chi connectivity index (χ1v) is 17.4. The van der Waals surface area contributed by atoms with Crippen LogP contribution in [-0.4, -0.2) is 68.9 Å². The van der Waals surface area contributed by atoms with E-state index in [0.717, 1.165) is 100 Å². The van der Waals surface area contributed by atoms with Crippen LogP contribution in [0.2, 0.25) is 0 Å². The maximum absolute atomic E-state index is 10.9. The van der Waals surface area contributed by atoms with Gasteiger partial charge < -0.3 is 30.2 Å². The first kappa shape index (κ1) is 37.1. The summed E-state index contributed by atoms with van der Waals surface area (Å²) >= 11 is 0. The van der Waals surface area contributed by atoms with Crippen molar-refractivity contribution in [3.8, 4) is 23.0 Å². The first-order chi connectivity index (χ1) is 25.1. The van der Waals surface area contributed by atoms with Gasteiger partial charge >= 0.3 is 0 Å². The Balaban J connectivity index is 0.000000178. The van der Waals surface area contributed by atoms with Crippen LogP contribution in [0, 0.1) is 20.2 Å². The number of rotatable bonds is 6. The van der Waals surface area contributed by atoms with Crippen molar-refractivity contribution in [2.24, 2.45) is 9.98 Å². The van der Waals surface area contributed by atoms with Crippen molar-refractivity contribution in [1.29, 1.82) is 0 Å². The van der Waals surface area contributed by atoms with Crippen LogP contribution < -0.4 is 9.80 Å². The Hall–Kier alpha value is -5.67. The van der Waals surface area contributed by atoms with Crippen molar-refractivity contribution < 1.29 is 47.1 Å². The first-order valence-electron chi connectivity index (χ1n) is 17.4. The summed E-state index contributed by atoms with van der Waals surface area (Å²) in [6.07, 6.45) is 10.7. The van der Waals surface area contributed by atoms with Crippen LogP contribution in [-0.2, 0) is 42.5 Å². The number of anilines is 2. The normalized spacial score (nSPS) is 15.6. The molecule has 4 aliphatic rings. The maximum atomic E-state index is 10.9. The van der Waals surface area contributed by atoms with Gasteiger partial charge in [-0.3, -0.25) is 30.2 Å². The third-order valence-corrected chi connectivity index (χ3v) is 10.1. The summed E-state index contributed by atoms with van der Waals surface area (Å²) in [7, 11) is 0. The van der Waals surface area contributed by atoms with Crippen molar-refractivity contribution in [2.75, 3.05) is 36.0 Å². The van der Waals surface area contributed by atoms with Gasteiger partial charge in [0.1, 0.15) is 34.4 Å². The van der Waals surface area contributed by atoms with E-state index in [1.807, 2.05) is 12.1 Å². The van der Waals surface area contributed by atoms with E-state index in [9.17, 15) is 40.7 Å². The standard InChI is InChI=1S/2C19H19N3O4.Co/c2*23-17-6-5-14(22(25)26)10-16(17)20-11-13-9-12-3-1-7-21-8-2-4-15(18(12)21)19(13)24;/h2*5-6,9-11,23-24H,1-4,7-8H2;. The summed E-state index contributed by atoms with van der Waals surface area (Å²) < 4.78 is 0. The maximum Gasteiger partial charge on any atom is 0.271 e. The molecule has 4 heterocycles. The Labute approximate surface area is 315 Å². The zero-order valence-electron chi connectivity index (χ0n) is 28.7. The second-order valence-corrected chi connectivity index (χ2v) is 13.4. The summed E-state index contributed by atoms with van der Waals surface area (Å²) in [6.45, 7) is 4.09. The molecule has 0 bridgehead atoms. The van der Waals surface area contributed by atoms with E-state index in [0.29, 0.717) is 11.1 Å². The van der Waals surface area contributed by atoms with Crippen LogP contribution in [0.15, 0.2) is 58.5 Å². The number of phenols is 4. The van der Waals surface area contributed by atoms with Gasteiger partial charge in [0.25, 0.3) is 11.4 Å². The van der Waals surface area contributed by atoms with Gasteiger partial charge in [0.15, 0.2) is 0 Å². The van der Waals surface area contributed by atoms with Gasteiger partial charge in [-0.1, -0.05) is 0 Å². The van der Waals surface area contributed by atoms with Crippen LogP contribution in [0.3, 0.4) is 0 Å². The number of nitrogens with zero attached hydrogens (tertiary/aromatic N) is 6. The van der Waals surface area contributed by atoms with E-state index in [1.165, 1.54) is 60.0 Å². The molecule has 4 aromatic carbocycles. The van der Waals surface area contributed by atoms with Crippen molar-refractivity contribution in [3.63, 3.8) is 0 Å². The molecular formula is C38H38CoN6O8. The second kappa shape index (κ2) is 15.5. The predicted octanol–water partition coefficient (Wildman–Crippen LogP) is 6.91. The molecule has 0 fully saturated rings. The van der Waals surface area contributed by atoms with E-state index < -0.39 is 9.85 Å². The van der Waals surface area contributed by atoms with E-state index in [1.54, 1.807) is 0 Å². The molecule has 14 nitrogen and oxygen atoms in total. The minimum Gasteiger partial charge on any atom is -0.507 e. The van der Waals surface area contributed by atoms with Crippen LogP contribution in [0.4, 0.5) is 34.1 Å². The van der Waals surface area contributed by atoms with E-state index in [-0.39, 0.29) is 62.5 Å². The Kier molecular flexibility index (Phi) is 10.9. The number of non-ortho nitro benzene ring substituents is 2. The average molecular weight is 766 g/mol. The van der Waals surface area contributed by atoms with Gasteiger partial charge in [-0.25, -0.2) is 0 Å². The largest absolute Gasteiger partial charge is 0.507 e. The molecule has 277 valence electrons. The minimum atomic E-state index is -0.534. The molecule has 0 atom stereocenters. The molecule has 15 heteroatoms. The van der Waals surface area contributed by atoms with Crippen LogP contribution in [0.5, 0.6) is 23.0 Å². The zero-order valence-corrected chi connectivity index (χ0v) is 29.7. The number of aromatic hydroxyl groups is 4. The molecule has 53 heavy (non-hydrogen) atoms. The number of nitro benzene ring substituents is 2. The minimum absolute atomic E-state index is 0. The number of benzene rings is 4. The topological polar surface area (TPSA) is 198 Å². The van der Waals surface area contributed by atoms with Gasteiger partial charge in [-0.2, -0.15) is 0 Å². The van der Waals surface area contributed by atoms with E-state index >= 15 is 0 Å². The fourth-order valence-corrected chi connectivity index (χ4v) is 7.67. The fourth-order valence-electron chi connectivity index (χ4n) is 7.67. The number of hydrogen-bond donors (Lipinski definition) is 4. The molecule has 4 aromatic rings. The SMILES string of the molecule is O=[N+]([O-])c1ccc(O)c(N=Cc2cc3c4c(c2O)CCCN4CCC3)c1.O=[N+]([O-])c1ccc(O)c(N=Cc2cc3c4c(c2O)CCCN4CCC3)c1.[Co]. The van der Waals surface area contributed by atoms with Gasteiger partial charge in [-0.15, -0.1) is 0 Å². The number of nitro groups is 2. The molecule has 0 spiro atoms. The summed E-state index contributed by atoms with van der Waals surface area (Å²) in [5, 5.41) is 63.0. The summed E-state index contributed by atoms with van der Waals surface area (Å²) in [5.74, 6) is 0.140. The smallest absolute Gasteiger partial charge is 0.271 e. The number of hydrogen-bond acceptors (Lipinski definition) is 12. The Morgan fingerprint density at radius 2 is 0.962 bits per heavy atom. The summed E-state index contributed by atoms with van der Waals surface area (Å²) in [6, 6.07) is 11.2. The van der Waals surface area contributed by atoms with Crippen molar-refractivity contribution in [2.45, 2.75) is 51.4 Å². The quantitative estimate of drug-likeness (QED) is 0.0909. The van der Waals surface area contributed by atoms with Gasteiger partial charge in [0, 0.05) is 113 Å². The Bertz CT molecular complexity index is 2000. The monoisotopic (exact) mass is 765 g/mol. The fraction of sp³-hybridized carbons (Fsp3) is 0.316. The average Bonchev–Trinajstić information content (AvgIpc) is 3.14. The molecule has 1 radical (unpaired) electrons. The molecule has 0 unspecified atom stereocenters. The van der Waals surface area contributed by atoms with Crippen LogP contribution >= 0.6 is 0 Å². The second-order valence-electron chi connectivity index (χ2n) is 13.4. The Morgan fingerprint density at radius 3 is 1.34 bits per heavy atom. The van der Waals surface area contributed by atoms with Crippen LogP contribution in [0.1, 0.15) is 59.1 Å². The predicted molar refractivity (Wildman–Crippen MR) is 198 cm³/mol. The summed E-state index contributed by atoms with van der Waals surface area (Å²) in [5.41, 5.74) is 7.72. The van der Waals surface area contributed by atoms with E-state index in [2.05, 4.69) is 19.8 Å². The third kappa shape index (κ3) is 7.48. The van der Waals surface area contributed by atoms with Crippen molar-refractivity contribution in [3.05, 3.63) is 102 Å². The third-order valence-electron chi connectivity index (χ3n) is 10.1. The molecule has 0 saturated carbocycles. The molecule has 0 aliphatic carbocycles. The van der Waals surface area contributed by atoms with Gasteiger partial charge in [0.05, 0.1) is 9.85 Å². The van der Waals surface area contributed by atoms with Crippen molar-refractivity contribution >= 4 is 46.6 Å². The van der Waals surface area contributed by atoms with E-state index in [4.69, 9.17) is 0 Å². The van der Waals surface area contributed by atoms with Crippen LogP contribution in [0.25, 0.3) is 0 Å². The molecular weight excluding hydrogens is 727 g/mol. The molecule has 0 amide bonds. The number of aliphatic imine (C=N–C) groups is 2. The molecule has 4 aliphatic heterocycles. The number of aryl methyl sites for hydroxylation is 2. The zero-order chi connectivity index (χ0) is 36.5. The van der Waals surface area contributed by atoms with Gasteiger partial charge in [-0.05, 0) is 86.8 Å². The molecule has 0 aromatic heterocycles. The molecule has 0 saturated heterocycles. The van der Waals surface area contributed by atoms with Gasteiger partial charge in [0.2, 0.25) is 0 Å². The Morgan fingerprint density at radius 1 is 0.585 bits per heavy atom. The van der Waals surface area contributed by atoms with Crippen molar-refractivity contribution in [1.82, 2.24) is 0 Å².